The van der Waals surface area contributed by atoms with Gasteiger partial charge in [0.25, 0.3) is 5.91 Å². The van der Waals surface area contributed by atoms with Crippen LogP contribution in [0, 0.1) is 6.92 Å². The van der Waals surface area contributed by atoms with E-state index < -0.39 is 0 Å². The van der Waals surface area contributed by atoms with E-state index in [1.807, 2.05) is 19.1 Å². The zero-order valence-corrected chi connectivity index (χ0v) is 12.3. The Hall–Kier alpha value is -2.33. The summed E-state index contributed by atoms with van der Waals surface area (Å²) in [6, 6.07) is 14.2. The Morgan fingerprint density at radius 1 is 1.05 bits per heavy atom. The second-order valence-corrected chi connectivity index (χ2v) is 4.80. The van der Waals surface area contributed by atoms with Crippen molar-refractivity contribution in [3.05, 3.63) is 59.7 Å². The molecule has 0 saturated carbocycles. The Bertz CT molecular complexity index is 657. The number of carbonyl (C=O) groups is 2. The third kappa shape index (κ3) is 4.07. The molecule has 4 nitrogen and oxygen atoms in total. The number of hydrogen-bond acceptors (Lipinski definition) is 2. The molecule has 2 rings (SSSR count). The fourth-order valence-electron chi connectivity index (χ4n) is 1.81. The number of benzene rings is 2. The van der Waals surface area contributed by atoms with E-state index in [1.54, 1.807) is 36.4 Å². The van der Waals surface area contributed by atoms with Crippen molar-refractivity contribution in [3.8, 4) is 0 Å². The smallest absolute Gasteiger partial charge is 0.255 e. The summed E-state index contributed by atoms with van der Waals surface area (Å²) in [5.41, 5.74) is 2.71. The van der Waals surface area contributed by atoms with Crippen molar-refractivity contribution in [3.63, 3.8) is 0 Å². The van der Waals surface area contributed by atoms with Gasteiger partial charge in [-0.05, 0) is 36.8 Å². The van der Waals surface area contributed by atoms with Crippen LogP contribution in [0.2, 0.25) is 0 Å². The highest BCUT2D eigenvalue weighted by molar-refractivity contribution is 6.29. The molecule has 0 radical (unpaired) electrons. The molecule has 0 saturated heterocycles. The summed E-state index contributed by atoms with van der Waals surface area (Å²) in [5.74, 6) is -0.597. The molecule has 0 fully saturated rings. The summed E-state index contributed by atoms with van der Waals surface area (Å²) in [4.78, 5) is 23.4. The fraction of sp³-hybridized carbons (Fsp3) is 0.125. The zero-order chi connectivity index (χ0) is 15.2. The van der Waals surface area contributed by atoms with Gasteiger partial charge in [-0.25, -0.2) is 0 Å². The molecule has 0 atom stereocenters. The highest BCUT2D eigenvalue weighted by Gasteiger charge is 2.08. The number of halogens is 1. The molecule has 0 unspecified atom stereocenters. The highest BCUT2D eigenvalue weighted by Crippen LogP contribution is 2.21. The van der Waals surface area contributed by atoms with Crippen LogP contribution >= 0.6 is 11.6 Å². The van der Waals surface area contributed by atoms with E-state index in [9.17, 15) is 9.59 Å². The molecule has 2 aromatic carbocycles. The van der Waals surface area contributed by atoms with Crippen molar-refractivity contribution in [2.45, 2.75) is 6.92 Å². The number of nitrogens with one attached hydrogen (secondary N) is 2. The Labute approximate surface area is 128 Å². The number of amides is 2. The Balaban J connectivity index is 2.16. The lowest BCUT2D eigenvalue weighted by molar-refractivity contribution is -0.113. The van der Waals surface area contributed by atoms with Gasteiger partial charge in [0.1, 0.15) is 5.88 Å². The van der Waals surface area contributed by atoms with Gasteiger partial charge in [-0.2, -0.15) is 0 Å². The molecular formula is C16H15ClN2O2. The van der Waals surface area contributed by atoms with E-state index >= 15 is 0 Å². The number of carbonyl (C=O) groups excluding carboxylic acids is 2. The lowest BCUT2D eigenvalue weighted by Crippen LogP contribution is -2.15. The lowest BCUT2D eigenvalue weighted by Gasteiger charge is -2.11. The van der Waals surface area contributed by atoms with Gasteiger partial charge in [-0.1, -0.05) is 24.3 Å². The third-order valence-corrected chi connectivity index (χ3v) is 3.17. The van der Waals surface area contributed by atoms with E-state index in [1.165, 1.54) is 0 Å². The molecule has 0 aliphatic heterocycles. The second-order valence-electron chi connectivity index (χ2n) is 4.53. The number of rotatable bonds is 4. The largest absolute Gasteiger partial charge is 0.325 e. The van der Waals surface area contributed by atoms with E-state index in [2.05, 4.69) is 10.6 Å². The van der Waals surface area contributed by atoms with Gasteiger partial charge >= 0.3 is 0 Å². The van der Waals surface area contributed by atoms with Crippen molar-refractivity contribution >= 4 is 34.8 Å². The van der Waals surface area contributed by atoms with Gasteiger partial charge < -0.3 is 10.6 Å². The minimum Gasteiger partial charge on any atom is -0.325 e. The monoisotopic (exact) mass is 302 g/mol. The van der Waals surface area contributed by atoms with E-state index in [0.717, 1.165) is 5.56 Å². The summed E-state index contributed by atoms with van der Waals surface area (Å²) in [6.07, 6.45) is 0. The number of alkyl halides is 1. The van der Waals surface area contributed by atoms with Gasteiger partial charge in [0.2, 0.25) is 5.91 Å². The molecular weight excluding hydrogens is 288 g/mol. The maximum Gasteiger partial charge on any atom is 0.255 e. The molecule has 2 aromatic rings. The summed E-state index contributed by atoms with van der Waals surface area (Å²) in [5, 5.41) is 5.48. The summed E-state index contributed by atoms with van der Waals surface area (Å²) in [7, 11) is 0. The molecule has 2 N–H and O–H groups in total. The molecule has 0 spiro atoms. The predicted octanol–water partition coefficient (Wildman–Crippen LogP) is 3.42. The van der Waals surface area contributed by atoms with Crippen LogP contribution in [0.5, 0.6) is 0 Å². The van der Waals surface area contributed by atoms with Crippen LogP contribution in [-0.4, -0.2) is 17.7 Å². The average Bonchev–Trinajstić information content (AvgIpc) is 2.51. The van der Waals surface area contributed by atoms with Crippen LogP contribution in [-0.2, 0) is 4.79 Å². The minimum atomic E-state index is -0.286. The molecule has 21 heavy (non-hydrogen) atoms. The van der Waals surface area contributed by atoms with Gasteiger partial charge in [0, 0.05) is 16.9 Å². The average molecular weight is 303 g/mol. The standard InChI is InChI=1S/C16H15ClN2O2/c1-11-7-8-13(9-14(11)19-15(20)10-17)18-16(21)12-5-3-2-4-6-12/h2-9H,10H2,1H3,(H,18,21)(H,19,20). The van der Waals surface area contributed by atoms with Gasteiger partial charge in [0.15, 0.2) is 0 Å². The van der Waals surface area contributed by atoms with Crippen molar-refractivity contribution < 1.29 is 9.59 Å². The first-order valence-electron chi connectivity index (χ1n) is 6.43. The van der Waals surface area contributed by atoms with Crippen molar-refractivity contribution in [1.82, 2.24) is 0 Å². The number of anilines is 2. The number of aryl methyl sites for hydroxylation is 1. The highest BCUT2D eigenvalue weighted by atomic mass is 35.5. The van der Waals surface area contributed by atoms with E-state index in [0.29, 0.717) is 16.9 Å². The SMILES string of the molecule is Cc1ccc(NC(=O)c2ccccc2)cc1NC(=O)CCl. The first-order chi connectivity index (χ1) is 10.1. The maximum absolute atomic E-state index is 12.1. The van der Waals surface area contributed by atoms with Crippen molar-refractivity contribution in [2.24, 2.45) is 0 Å². The molecule has 0 heterocycles. The van der Waals surface area contributed by atoms with Crippen LogP contribution in [0.25, 0.3) is 0 Å². The quantitative estimate of drug-likeness (QED) is 0.850. The summed E-state index contributed by atoms with van der Waals surface area (Å²) in [6.45, 7) is 1.87. The van der Waals surface area contributed by atoms with Gasteiger partial charge in [-0.3, -0.25) is 9.59 Å². The normalized spacial score (nSPS) is 10.0. The fourth-order valence-corrected chi connectivity index (χ4v) is 1.88. The van der Waals surface area contributed by atoms with E-state index in [-0.39, 0.29) is 17.7 Å². The Morgan fingerprint density at radius 2 is 1.76 bits per heavy atom. The Morgan fingerprint density at radius 3 is 2.43 bits per heavy atom. The van der Waals surface area contributed by atoms with E-state index in [4.69, 9.17) is 11.6 Å². The number of hydrogen-bond donors (Lipinski definition) is 2. The topological polar surface area (TPSA) is 58.2 Å². The van der Waals surface area contributed by atoms with Crippen molar-refractivity contribution in [2.75, 3.05) is 16.5 Å². The molecule has 5 heteroatoms. The lowest BCUT2D eigenvalue weighted by atomic mass is 10.1. The van der Waals surface area contributed by atoms with Crippen LogP contribution < -0.4 is 10.6 Å². The Kier molecular flexibility index (Phi) is 4.95. The third-order valence-electron chi connectivity index (χ3n) is 2.93. The van der Waals surface area contributed by atoms with Gasteiger partial charge in [0.05, 0.1) is 0 Å². The zero-order valence-electron chi connectivity index (χ0n) is 11.5. The van der Waals surface area contributed by atoms with Crippen molar-refractivity contribution in [1.29, 1.82) is 0 Å². The first kappa shape index (κ1) is 15.1. The first-order valence-corrected chi connectivity index (χ1v) is 6.96. The molecule has 0 bridgehead atoms. The summed E-state index contributed by atoms with van der Waals surface area (Å²) >= 11 is 5.48. The second kappa shape index (κ2) is 6.90. The molecule has 0 aliphatic rings. The van der Waals surface area contributed by atoms with Gasteiger partial charge in [-0.15, -0.1) is 11.6 Å². The van der Waals surface area contributed by atoms with Crippen LogP contribution in [0.15, 0.2) is 48.5 Å². The van der Waals surface area contributed by atoms with Crippen LogP contribution in [0.1, 0.15) is 15.9 Å². The predicted molar refractivity (Wildman–Crippen MR) is 84.9 cm³/mol. The molecule has 108 valence electrons. The van der Waals surface area contributed by atoms with Crippen LogP contribution in [0.3, 0.4) is 0 Å². The molecule has 0 aromatic heterocycles. The van der Waals surface area contributed by atoms with Crippen LogP contribution in [0.4, 0.5) is 11.4 Å². The molecule has 2 amide bonds. The molecule has 0 aliphatic carbocycles. The maximum atomic E-state index is 12.1. The summed E-state index contributed by atoms with van der Waals surface area (Å²) < 4.78 is 0. The minimum absolute atomic E-state index is 0.111.